The zero-order valence-electron chi connectivity index (χ0n) is 17.0. The number of methoxy groups -OCH3 is 1. The van der Waals surface area contributed by atoms with Gasteiger partial charge >= 0.3 is 0 Å². The van der Waals surface area contributed by atoms with Crippen molar-refractivity contribution in [2.24, 2.45) is 0 Å². The topological polar surface area (TPSA) is 66.5 Å². The number of carbonyl (C=O) groups excluding carboxylic acids is 1. The number of hydrogen-bond acceptors (Lipinski definition) is 5. The van der Waals surface area contributed by atoms with Crippen molar-refractivity contribution in [3.63, 3.8) is 0 Å². The van der Waals surface area contributed by atoms with Crippen LogP contribution in [0.15, 0.2) is 58.5 Å². The van der Waals surface area contributed by atoms with Gasteiger partial charge in [-0.15, -0.1) is 11.3 Å². The Bertz CT molecular complexity index is 1110. The van der Waals surface area contributed by atoms with E-state index in [1.165, 1.54) is 0 Å². The summed E-state index contributed by atoms with van der Waals surface area (Å²) in [7, 11) is 1.59. The first-order chi connectivity index (χ1) is 15.0. The van der Waals surface area contributed by atoms with Crippen LogP contribution < -0.4 is 20.3 Å². The van der Waals surface area contributed by atoms with E-state index in [0.717, 1.165) is 20.7 Å². The molecule has 6 nitrogen and oxygen atoms in total. The SMILES string of the molecule is CCC(=O)Nc1ccc(N2C(=S)N[C@H](c3ccccn3)[C@H]2c2cc(Br)cs2)cc1OC. The number of thiocarbonyl (C=S) groups is 1. The number of benzene rings is 1. The van der Waals surface area contributed by atoms with Crippen LogP contribution in [-0.4, -0.2) is 23.1 Å². The van der Waals surface area contributed by atoms with Crippen molar-refractivity contribution in [1.82, 2.24) is 10.3 Å². The molecule has 0 aliphatic carbocycles. The van der Waals surface area contributed by atoms with E-state index >= 15 is 0 Å². The summed E-state index contributed by atoms with van der Waals surface area (Å²) in [6, 6.07) is 13.5. The van der Waals surface area contributed by atoms with Gasteiger partial charge in [0.25, 0.3) is 0 Å². The van der Waals surface area contributed by atoms with Gasteiger partial charge in [0, 0.05) is 39.1 Å². The van der Waals surface area contributed by atoms with Gasteiger partial charge in [0.05, 0.1) is 30.6 Å². The van der Waals surface area contributed by atoms with Crippen molar-refractivity contribution < 1.29 is 9.53 Å². The molecule has 3 aromatic rings. The van der Waals surface area contributed by atoms with Crippen molar-refractivity contribution in [2.75, 3.05) is 17.3 Å². The van der Waals surface area contributed by atoms with E-state index in [-0.39, 0.29) is 18.0 Å². The molecule has 1 saturated heterocycles. The third-order valence-corrected chi connectivity index (χ3v) is 7.11. The monoisotopic (exact) mass is 516 g/mol. The minimum atomic E-state index is -0.107. The van der Waals surface area contributed by atoms with Crippen LogP contribution >= 0.6 is 39.5 Å². The van der Waals surface area contributed by atoms with Gasteiger partial charge in [0.15, 0.2) is 5.11 Å². The van der Waals surface area contributed by atoms with Crippen LogP contribution in [0.5, 0.6) is 5.75 Å². The summed E-state index contributed by atoms with van der Waals surface area (Å²) in [6.45, 7) is 1.81. The quantitative estimate of drug-likeness (QED) is 0.425. The second-order valence-electron chi connectivity index (χ2n) is 6.95. The third kappa shape index (κ3) is 4.44. The lowest BCUT2D eigenvalue weighted by atomic mass is 10.0. The maximum absolute atomic E-state index is 11.9. The zero-order chi connectivity index (χ0) is 22.0. The predicted molar refractivity (Wildman–Crippen MR) is 132 cm³/mol. The van der Waals surface area contributed by atoms with Gasteiger partial charge in [-0.3, -0.25) is 9.78 Å². The molecule has 2 aromatic heterocycles. The van der Waals surface area contributed by atoms with Crippen LogP contribution in [0.2, 0.25) is 0 Å². The minimum absolute atomic E-state index is 0.0686. The van der Waals surface area contributed by atoms with E-state index in [0.29, 0.717) is 23.0 Å². The predicted octanol–water partition coefficient (Wildman–Crippen LogP) is 5.44. The van der Waals surface area contributed by atoms with Crippen molar-refractivity contribution in [3.05, 3.63) is 69.1 Å². The minimum Gasteiger partial charge on any atom is -0.494 e. The number of hydrogen-bond donors (Lipinski definition) is 2. The van der Waals surface area contributed by atoms with Crippen LogP contribution in [0.1, 0.15) is 36.0 Å². The zero-order valence-corrected chi connectivity index (χ0v) is 20.2. The molecule has 2 atom stereocenters. The Morgan fingerprint density at radius 1 is 1.35 bits per heavy atom. The molecule has 1 fully saturated rings. The first-order valence-electron chi connectivity index (χ1n) is 9.74. The Morgan fingerprint density at radius 3 is 2.84 bits per heavy atom. The molecule has 0 spiro atoms. The average molecular weight is 517 g/mol. The first kappa shape index (κ1) is 21.7. The Hall–Kier alpha value is -2.49. The molecule has 4 rings (SSSR count). The molecule has 2 N–H and O–H groups in total. The van der Waals surface area contributed by atoms with Crippen LogP contribution in [0, 0.1) is 0 Å². The van der Waals surface area contributed by atoms with Crippen molar-refractivity contribution in [3.8, 4) is 5.75 Å². The molecule has 0 saturated carbocycles. The summed E-state index contributed by atoms with van der Waals surface area (Å²) >= 11 is 11.0. The van der Waals surface area contributed by atoms with Crippen LogP contribution in [0.25, 0.3) is 0 Å². The largest absolute Gasteiger partial charge is 0.494 e. The van der Waals surface area contributed by atoms with Gasteiger partial charge < -0.3 is 20.3 Å². The van der Waals surface area contributed by atoms with Gasteiger partial charge in [0.2, 0.25) is 5.91 Å². The van der Waals surface area contributed by atoms with Gasteiger partial charge in [-0.2, -0.15) is 0 Å². The maximum atomic E-state index is 11.9. The highest BCUT2D eigenvalue weighted by Gasteiger charge is 2.41. The summed E-state index contributed by atoms with van der Waals surface area (Å²) < 4.78 is 6.59. The Labute approximate surface area is 198 Å². The number of nitrogens with zero attached hydrogens (tertiary/aromatic N) is 2. The third-order valence-electron chi connectivity index (χ3n) is 5.04. The highest BCUT2D eigenvalue weighted by atomic mass is 79.9. The Balaban J connectivity index is 1.76. The number of anilines is 2. The molecule has 0 bridgehead atoms. The van der Waals surface area contributed by atoms with E-state index in [2.05, 4.69) is 47.9 Å². The first-order valence-corrected chi connectivity index (χ1v) is 11.8. The molecule has 0 radical (unpaired) electrons. The fourth-order valence-electron chi connectivity index (χ4n) is 3.58. The number of rotatable bonds is 6. The normalized spacial score (nSPS) is 18.0. The van der Waals surface area contributed by atoms with E-state index in [1.807, 2.05) is 43.3 Å². The number of thiophene rings is 1. The molecule has 0 unspecified atom stereocenters. The fraction of sp³-hybridized carbons (Fsp3) is 0.227. The summed E-state index contributed by atoms with van der Waals surface area (Å²) in [6.07, 6.45) is 2.18. The standard InChI is InChI=1S/C22H21BrN4O2S2/c1-3-19(28)25-15-8-7-14(11-17(15)29-2)27-21(18-10-13(23)12-31-18)20(26-22(27)30)16-6-4-5-9-24-16/h4-12,20-21H,3H2,1-2H3,(H,25,28)(H,26,30)/t20-,21-/m1/s1. The van der Waals surface area contributed by atoms with Crippen molar-refractivity contribution in [2.45, 2.75) is 25.4 Å². The molecule has 9 heteroatoms. The molecule has 160 valence electrons. The highest BCUT2D eigenvalue weighted by molar-refractivity contribution is 9.10. The molecule has 1 aliphatic heterocycles. The summed E-state index contributed by atoms with van der Waals surface area (Å²) in [5.41, 5.74) is 2.42. The second-order valence-corrected chi connectivity index (χ2v) is 9.20. The summed E-state index contributed by atoms with van der Waals surface area (Å²) in [5.74, 6) is 0.510. The van der Waals surface area contributed by atoms with Gasteiger partial charge in [0.1, 0.15) is 5.75 Å². The summed E-state index contributed by atoms with van der Waals surface area (Å²) in [5, 5.41) is 8.99. The highest BCUT2D eigenvalue weighted by Crippen LogP contribution is 2.45. The lowest BCUT2D eigenvalue weighted by molar-refractivity contribution is -0.115. The fourth-order valence-corrected chi connectivity index (χ4v) is 5.49. The number of carbonyl (C=O) groups is 1. The maximum Gasteiger partial charge on any atom is 0.224 e. The second kappa shape index (κ2) is 9.33. The van der Waals surface area contributed by atoms with E-state index in [1.54, 1.807) is 24.6 Å². The number of ether oxygens (including phenoxy) is 1. The molecule has 1 aromatic carbocycles. The number of pyridine rings is 1. The number of halogens is 1. The number of aromatic nitrogens is 1. The van der Waals surface area contributed by atoms with Gasteiger partial charge in [-0.05, 0) is 58.5 Å². The van der Waals surface area contributed by atoms with Crippen LogP contribution in [0.3, 0.4) is 0 Å². The lowest BCUT2D eigenvalue weighted by Crippen LogP contribution is -2.29. The summed E-state index contributed by atoms with van der Waals surface area (Å²) in [4.78, 5) is 19.7. The smallest absolute Gasteiger partial charge is 0.224 e. The molecule has 3 heterocycles. The van der Waals surface area contributed by atoms with Crippen LogP contribution in [-0.2, 0) is 4.79 Å². The number of nitrogens with one attached hydrogen (secondary N) is 2. The number of amides is 1. The molecule has 31 heavy (non-hydrogen) atoms. The molecular formula is C22H21BrN4O2S2. The van der Waals surface area contributed by atoms with Crippen molar-refractivity contribution in [1.29, 1.82) is 0 Å². The van der Waals surface area contributed by atoms with Gasteiger partial charge in [-0.25, -0.2) is 0 Å². The Kier molecular flexibility index (Phi) is 6.54. The molecule has 1 aliphatic rings. The average Bonchev–Trinajstić information content (AvgIpc) is 3.37. The van der Waals surface area contributed by atoms with Crippen LogP contribution in [0.4, 0.5) is 11.4 Å². The van der Waals surface area contributed by atoms with Gasteiger partial charge in [-0.1, -0.05) is 13.0 Å². The molecule has 1 amide bonds. The van der Waals surface area contributed by atoms with E-state index in [4.69, 9.17) is 17.0 Å². The molecular weight excluding hydrogens is 496 g/mol. The van der Waals surface area contributed by atoms with Crippen molar-refractivity contribution >= 4 is 61.9 Å². The Morgan fingerprint density at radius 2 is 2.19 bits per heavy atom. The van der Waals surface area contributed by atoms with E-state index < -0.39 is 0 Å². The lowest BCUT2D eigenvalue weighted by Gasteiger charge is -2.27. The van der Waals surface area contributed by atoms with E-state index in [9.17, 15) is 4.79 Å².